The molecule has 11 heavy (non-hydrogen) atoms. The fraction of sp³-hybridized carbons (Fsp3) is 0.600. The minimum Gasteiger partial charge on any atom is -0.866 e. The molecule has 6 heteroatoms. The van der Waals surface area contributed by atoms with Crippen LogP contribution in [0, 0.1) is 0 Å². The van der Waals surface area contributed by atoms with E-state index in [1.807, 2.05) is 0 Å². The molecule has 0 saturated carbocycles. The molecule has 0 aliphatic rings. The van der Waals surface area contributed by atoms with Crippen molar-refractivity contribution in [3.63, 3.8) is 0 Å². The van der Waals surface area contributed by atoms with E-state index in [2.05, 4.69) is 12.2 Å². The number of carbonyl (C=O) groups excluding carboxylic acids is 1. The fourth-order valence-electron chi connectivity index (χ4n) is 0.416. The summed E-state index contributed by atoms with van der Waals surface area (Å²) in [5.74, 6) is -0.466. The summed E-state index contributed by atoms with van der Waals surface area (Å²) in [6.07, 6.45) is 0.362. The van der Waals surface area contributed by atoms with Crippen molar-refractivity contribution in [2.45, 2.75) is 18.9 Å². The van der Waals surface area contributed by atoms with Gasteiger partial charge in [0, 0.05) is 12.5 Å². The van der Waals surface area contributed by atoms with E-state index in [0.717, 1.165) is 0 Å². The van der Waals surface area contributed by atoms with E-state index in [0.29, 0.717) is 0 Å². The predicted octanol–water partition coefficient (Wildman–Crippen LogP) is -4.73. The molecular formula is C5H9LiN2O2S. The topological polar surface area (TPSA) is 92.2 Å². The van der Waals surface area contributed by atoms with Gasteiger partial charge in [-0.2, -0.15) is 0 Å². The third kappa shape index (κ3) is 7.82. The number of nitrogens with two attached hydrogens (primary N) is 2. The Morgan fingerprint density at radius 3 is 2.36 bits per heavy atom. The van der Waals surface area contributed by atoms with Crippen LogP contribution in [0.2, 0.25) is 0 Å². The van der Waals surface area contributed by atoms with Crippen LogP contribution in [0.4, 0.5) is 0 Å². The van der Waals surface area contributed by atoms with Crippen LogP contribution in [-0.2, 0) is 4.79 Å². The molecule has 4 N–H and O–H groups in total. The average Bonchev–Trinajstić information content (AvgIpc) is 1.82. The Balaban J connectivity index is 0. The van der Waals surface area contributed by atoms with Crippen molar-refractivity contribution in [2.75, 3.05) is 0 Å². The number of rotatable bonds is 4. The summed E-state index contributed by atoms with van der Waals surface area (Å²) in [5, 5.41) is 9.77. The van der Waals surface area contributed by atoms with Crippen LogP contribution in [0.5, 0.6) is 0 Å². The molecule has 0 heterocycles. The largest absolute Gasteiger partial charge is 1.00 e. The molecule has 0 bridgehead atoms. The van der Waals surface area contributed by atoms with E-state index in [1.54, 1.807) is 0 Å². The minimum atomic E-state index is -0.720. The van der Waals surface area contributed by atoms with Crippen LogP contribution in [0.25, 0.3) is 0 Å². The third-order valence-electron chi connectivity index (χ3n) is 1.00. The first-order valence-electron chi connectivity index (χ1n) is 2.78. The maximum Gasteiger partial charge on any atom is 1.00 e. The van der Waals surface area contributed by atoms with Crippen molar-refractivity contribution in [1.29, 1.82) is 0 Å². The number of primary amides is 1. The molecular weight excluding hydrogens is 159 g/mol. The molecule has 0 aliphatic heterocycles. The maximum absolute atomic E-state index is 10.3. The first-order valence-corrected chi connectivity index (χ1v) is 3.19. The van der Waals surface area contributed by atoms with Crippen LogP contribution in [0.15, 0.2) is 0 Å². The van der Waals surface area contributed by atoms with Crippen LogP contribution in [0.3, 0.4) is 0 Å². The molecule has 0 aromatic carbocycles. The van der Waals surface area contributed by atoms with Gasteiger partial charge in [0.2, 0.25) is 5.91 Å². The zero-order valence-corrected chi connectivity index (χ0v) is 7.19. The maximum atomic E-state index is 10.3. The zero-order chi connectivity index (χ0) is 8.15. The molecule has 0 unspecified atom stereocenters. The minimum absolute atomic E-state index is 0. The molecule has 58 valence electrons. The summed E-state index contributed by atoms with van der Waals surface area (Å²) in [6, 6.07) is -0.720. The second-order valence-electron chi connectivity index (χ2n) is 1.93. The molecule has 0 aliphatic carbocycles. The molecule has 0 spiro atoms. The summed E-state index contributed by atoms with van der Waals surface area (Å²) in [7, 11) is 0. The average molecular weight is 168 g/mol. The van der Waals surface area contributed by atoms with Gasteiger partial charge in [-0.3, -0.25) is 4.79 Å². The predicted molar refractivity (Wildman–Crippen MR) is 39.0 cm³/mol. The van der Waals surface area contributed by atoms with E-state index in [-0.39, 0.29) is 31.7 Å². The number of carbonyl (C=O) groups is 1. The van der Waals surface area contributed by atoms with E-state index in [9.17, 15) is 9.90 Å². The molecule has 0 rings (SSSR count). The first kappa shape index (κ1) is 13.5. The van der Waals surface area contributed by atoms with Gasteiger partial charge in [-0.25, -0.2) is 0 Å². The van der Waals surface area contributed by atoms with Crippen molar-refractivity contribution in [1.82, 2.24) is 0 Å². The van der Waals surface area contributed by atoms with Crippen molar-refractivity contribution >= 4 is 23.2 Å². The molecule has 1 amide bonds. The molecule has 0 saturated heterocycles. The normalized spacial score (nSPS) is 11.4. The SMILES string of the molecule is NC(=O)CC[C@H](N)C([O-])=S.[Li+]. The molecule has 1 atom stereocenters. The van der Waals surface area contributed by atoms with Gasteiger partial charge in [0.1, 0.15) is 0 Å². The van der Waals surface area contributed by atoms with Crippen LogP contribution >= 0.6 is 12.2 Å². The van der Waals surface area contributed by atoms with E-state index >= 15 is 0 Å². The van der Waals surface area contributed by atoms with Gasteiger partial charge in [0.15, 0.2) is 0 Å². The number of thiocarbonyl (C=S) groups is 1. The Hall–Kier alpha value is -0.0826. The zero-order valence-electron chi connectivity index (χ0n) is 6.37. The molecule has 4 nitrogen and oxygen atoms in total. The Morgan fingerprint density at radius 1 is 1.64 bits per heavy atom. The van der Waals surface area contributed by atoms with Gasteiger partial charge < -0.3 is 16.6 Å². The Labute approximate surface area is 82.5 Å². The summed E-state index contributed by atoms with van der Waals surface area (Å²) >= 11 is 4.24. The van der Waals surface area contributed by atoms with Crippen molar-refractivity contribution in [2.24, 2.45) is 11.5 Å². The monoisotopic (exact) mass is 168 g/mol. The Kier molecular flexibility index (Phi) is 8.12. The first-order chi connectivity index (χ1) is 4.54. The van der Waals surface area contributed by atoms with E-state index < -0.39 is 17.0 Å². The van der Waals surface area contributed by atoms with Crippen molar-refractivity contribution in [3.8, 4) is 0 Å². The van der Waals surface area contributed by atoms with Gasteiger partial charge in [0.25, 0.3) is 0 Å². The van der Waals surface area contributed by atoms with Gasteiger partial charge in [-0.05, 0) is 11.5 Å². The van der Waals surface area contributed by atoms with Crippen LogP contribution < -0.4 is 35.4 Å². The molecule has 0 fully saturated rings. The van der Waals surface area contributed by atoms with Gasteiger partial charge in [0.05, 0.1) is 0 Å². The molecule has 0 radical (unpaired) electrons. The summed E-state index contributed by atoms with van der Waals surface area (Å²) in [6.45, 7) is 0. The van der Waals surface area contributed by atoms with E-state index in [4.69, 9.17) is 11.5 Å². The molecule has 0 aromatic heterocycles. The summed E-state index contributed by atoms with van der Waals surface area (Å²) < 4.78 is 0. The summed E-state index contributed by atoms with van der Waals surface area (Å²) in [5.41, 5.74) is 10.0. The van der Waals surface area contributed by atoms with Crippen molar-refractivity contribution < 1.29 is 28.8 Å². The van der Waals surface area contributed by atoms with Gasteiger partial charge >= 0.3 is 18.9 Å². The Morgan fingerprint density at radius 2 is 2.09 bits per heavy atom. The second-order valence-corrected chi connectivity index (χ2v) is 2.33. The number of hydrogen-bond acceptors (Lipinski definition) is 4. The summed E-state index contributed by atoms with van der Waals surface area (Å²) in [4.78, 5) is 10.1. The number of hydrogen-bond donors (Lipinski definition) is 2. The van der Waals surface area contributed by atoms with Crippen LogP contribution in [0.1, 0.15) is 12.8 Å². The number of amides is 1. The van der Waals surface area contributed by atoms with Crippen molar-refractivity contribution in [3.05, 3.63) is 0 Å². The standard InChI is InChI=1S/C5H10N2O2S.Li/c6-3(5(9)10)1-2-4(7)8;/h3H,1-2,6H2,(H2,7,8)(H,9,10);/q;+1/p-1/t3-;/m0./s1. The van der Waals surface area contributed by atoms with Crippen LogP contribution in [-0.4, -0.2) is 17.0 Å². The molecule has 0 aromatic rings. The smallest absolute Gasteiger partial charge is 0.866 e. The fourth-order valence-corrected chi connectivity index (χ4v) is 0.533. The quantitative estimate of drug-likeness (QED) is 0.326. The van der Waals surface area contributed by atoms with Gasteiger partial charge in [-0.15, -0.1) is 12.2 Å². The van der Waals surface area contributed by atoms with Gasteiger partial charge in [-0.1, -0.05) is 0 Å². The second kappa shape index (κ2) is 6.62. The van der Waals surface area contributed by atoms with E-state index in [1.165, 1.54) is 0 Å². The Bertz CT molecular complexity index is 153. The third-order valence-corrected chi connectivity index (χ3v) is 1.31.